The third-order valence-corrected chi connectivity index (χ3v) is 2.52. The second-order valence-electron chi connectivity index (χ2n) is 3.82. The zero-order valence-electron chi connectivity index (χ0n) is 11.8. The lowest BCUT2D eigenvalue weighted by atomic mass is 10.2. The predicted octanol–water partition coefficient (Wildman–Crippen LogP) is 2.42. The summed E-state index contributed by atoms with van der Waals surface area (Å²) in [6, 6.07) is 5.13. The molecule has 19 heavy (non-hydrogen) atoms. The first-order chi connectivity index (χ1) is 9.14. The number of benzene rings is 1. The SMILES string of the molecule is CCOC(=O)C(CC)Oc1cc(OC)cc(OC)c1. The summed E-state index contributed by atoms with van der Waals surface area (Å²) in [4.78, 5) is 11.7. The maximum Gasteiger partial charge on any atom is 0.347 e. The van der Waals surface area contributed by atoms with Crippen LogP contribution in [-0.4, -0.2) is 32.9 Å². The summed E-state index contributed by atoms with van der Waals surface area (Å²) in [5.74, 6) is 1.35. The van der Waals surface area contributed by atoms with Crippen molar-refractivity contribution in [3.05, 3.63) is 18.2 Å². The van der Waals surface area contributed by atoms with Crippen LogP contribution in [0.25, 0.3) is 0 Å². The molecule has 0 amide bonds. The van der Waals surface area contributed by atoms with Crippen LogP contribution >= 0.6 is 0 Å². The number of carbonyl (C=O) groups is 1. The number of hydrogen-bond acceptors (Lipinski definition) is 5. The third-order valence-electron chi connectivity index (χ3n) is 2.52. The highest BCUT2D eigenvalue weighted by Crippen LogP contribution is 2.28. The summed E-state index contributed by atoms with van der Waals surface area (Å²) in [5, 5.41) is 0. The minimum Gasteiger partial charge on any atom is -0.496 e. The minimum atomic E-state index is -0.628. The van der Waals surface area contributed by atoms with Crippen molar-refractivity contribution in [2.75, 3.05) is 20.8 Å². The van der Waals surface area contributed by atoms with E-state index in [4.69, 9.17) is 18.9 Å². The van der Waals surface area contributed by atoms with Crippen LogP contribution in [0, 0.1) is 0 Å². The van der Waals surface area contributed by atoms with E-state index in [9.17, 15) is 4.79 Å². The monoisotopic (exact) mass is 268 g/mol. The predicted molar refractivity (Wildman–Crippen MR) is 70.9 cm³/mol. The molecule has 1 rings (SSSR count). The van der Waals surface area contributed by atoms with Crippen LogP contribution in [0.15, 0.2) is 18.2 Å². The molecule has 1 aromatic rings. The summed E-state index contributed by atoms with van der Waals surface area (Å²) >= 11 is 0. The maximum atomic E-state index is 11.7. The van der Waals surface area contributed by atoms with Gasteiger partial charge in [-0.15, -0.1) is 0 Å². The lowest BCUT2D eigenvalue weighted by Crippen LogP contribution is -2.28. The van der Waals surface area contributed by atoms with Gasteiger partial charge in [0.2, 0.25) is 0 Å². The molecule has 1 unspecified atom stereocenters. The Bertz CT molecular complexity index is 394. The molecular formula is C14H20O5. The van der Waals surface area contributed by atoms with E-state index in [-0.39, 0.29) is 5.97 Å². The Kier molecular flexibility index (Phi) is 5.99. The van der Waals surface area contributed by atoms with Crippen LogP contribution in [-0.2, 0) is 9.53 Å². The van der Waals surface area contributed by atoms with Gasteiger partial charge in [0.1, 0.15) is 17.2 Å². The Balaban J connectivity index is 2.86. The van der Waals surface area contributed by atoms with Gasteiger partial charge in [0.05, 0.1) is 20.8 Å². The molecule has 0 fully saturated rings. The molecule has 0 spiro atoms. The second-order valence-corrected chi connectivity index (χ2v) is 3.82. The molecule has 5 heteroatoms. The number of ether oxygens (including phenoxy) is 4. The molecule has 0 saturated carbocycles. The Morgan fingerprint density at radius 1 is 1.05 bits per heavy atom. The summed E-state index contributed by atoms with van der Waals surface area (Å²) in [7, 11) is 3.11. The third kappa shape index (κ3) is 4.35. The Hall–Kier alpha value is -1.91. The first-order valence-electron chi connectivity index (χ1n) is 6.20. The van der Waals surface area contributed by atoms with E-state index in [0.29, 0.717) is 30.3 Å². The topological polar surface area (TPSA) is 54.0 Å². The van der Waals surface area contributed by atoms with Crippen LogP contribution in [0.4, 0.5) is 0 Å². The molecule has 0 aliphatic heterocycles. The van der Waals surface area contributed by atoms with Gasteiger partial charge < -0.3 is 18.9 Å². The standard InChI is InChI=1S/C14H20O5/c1-5-13(14(15)18-6-2)19-12-8-10(16-3)7-11(9-12)17-4/h7-9,13H,5-6H2,1-4H3. The highest BCUT2D eigenvalue weighted by Gasteiger charge is 2.20. The molecular weight excluding hydrogens is 248 g/mol. The molecule has 0 aliphatic rings. The van der Waals surface area contributed by atoms with E-state index in [1.165, 1.54) is 0 Å². The minimum absolute atomic E-state index is 0.333. The number of rotatable bonds is 7. The fourth-order valence-corrected chi connectivity index (χ4v) is 1.55. The van der Waals surface area contributed by atoms with E-state index in [1.807, 2.05) is 6.92 Å². The first kappa shape index (κ1) is 15.1. The van der Waals surface area contributed by atoms with Gasteiger partial charge >= 0.3 is 5.97 Å². The molecule has 0 aromatic heterocycles. The van der Waals surface area contributed by atoms with Crippen molar-refractivity contribution < 1.29 is 23.7 Å². The summed E-state index contributed by atoms with van der Waals surface area (Å²) in [6.45, 7) is 3.96. The van der Waals surface area contributed by atoms with Gasteiger partial charge in [0.15, 0.2) is 6.10 Å². The largest absolute Gasteiger partial charge is 0.496 e. The molecule has 0 radical (unpaired) electrons. The number of esters is 1. The Morgan fingerprint density at radius 3 is 2.00 bits per heavy atom. The van der Waals surface area contributed by atoms with Gasteiger partial charge in [0.25, 0.3) is 0 Å². The molecule has 106 valence electrons. The zero-order valence-corrected chi connectivity index (χ0v) is 11.8. The lowest BCUT2D eigenvalue weighted by molar-refractivity contribution is -0.151. The molecule has 0 saturated heterocycles. The van der Waals surface area contributed by atoms with E-state index in [0.717, 1.165) is 0 Å². The lowest BCUT2D eigenvalue weighted by Gasteiger charge is -2.17. The van der Waals surface area contributed by atoms with Crippen LogP contribution in [0.5, 0.6) is 17.2 Å². The Labute approximate surface area is 113 Å². The fraction of sp³-hybridized carbons (Fsp3) is 0.500. The summed E-state index contributed by atoms with van der Waals surface area (Å²) in [5.41, 5.74) is 0. The van der Waals surface area contributed by atoms with Crippen molar-refractivity contribution in [3.8, 4) is 17.2 Å². The molecule has 1 aromatic carbocycles. The van der Waals surface area contributed by atoms with Gasteiger partial charge in [0, 0.05) is 18.2 Å². The van der Waals surface area contributed by atoms with E-state index in [2.05, 4.69) is 0 Å². The van der Waals surface area contributed by atoms with Crippen LogP contribution in [0.1, 0.15) is 20.3 Å². The molecule has 1 atom stereocenters. The van der Waals surface area contributed by atoms with Crippen molar-refractivity contribution in [1.29, 1.82) is 0 Å². The van der Waals surface area contributed by atoms with Crippen molar-refractivity contribution in [2.24, 2.45) is 0 Å². The molecule has 0 N–H and O–H groups in total. The molecule has 0 heterocycles. The van der Waals surface area contributed by atoms with Gasteiger partial charge in [-0.3, -0.25) is 0 Å². The van der Waals surface area contributed by atoms with Crippen molar-refractivity contribution in [2.45, 2.75) is 26.4 Å². The molecule has 0 bridgehead atoms. The van der Waals surface area contributed by atoms with Gasteiger partial charge in [-0.25, -0.2) is 4.79 Å². The number of carbonyl (C=O) groups excluding carboxylic acids is 1. The quantitative estimate of drug-likeness (QED) is 0.711. The molecule has 0 aliphatic carbocycles. The van der Waals surface area contributed by atoms with Gasteiger partial charge in [-0.1, -0.05) is 6.92 Å². The number of methoxy groups -OCH3 is 2. The van der Waals surface area contributed by atoms with E-state index >= 15 is 0 Å². The highest BCUT2D eigenvalue weighted by atomic mass is 16.6. The van der Waals surface area contributed by atoms with Crippen LogP contribution in [0.2, 0.25) is 0 Å². The van der Waals surface area contributed by atoms with Gasteiger partial charge in [-0.2, -0.15) is 0 Å². The van der Waals surface area contributed by atoms with Crippen molar-refractivity contribution in [3.63, 3.8) is 0 Å². The smallest absolute Gasteiger partial charge is 0.347 e. The maximum absolute atomic E-state index is 11.7. The number of hydrogen-bond donors (Lipinski definition) is 0. The van der Waals surface area contributed by atoms with E-state index in [1.54, 1.807) is 39.3 Å². The average molecular weight is 268 g/mol. The fourth-order valence-electron chi connectivity index (χ4n) is 1.55. The normalized spacial score (nSPS) is 11.6. The second kappa shape index (κ2) is 7.51. The highest BCUT2D eigenvalue weighted by molar-refractivity contribution is 5.75. The zero-order chi connectivity index (χ0) is 14.3. The average Bonchev–Trinajstić information content (AvgIpc) is 2.44. The van der Waals surface area contributed by atoms with E-state index < -0.39 is 6.10 Å². The Morgan fingerprint density at radius 2 is 1.58 bits per heavy atom. The van der Waals surface area contributed by atoms with Crippen molar-refractivity contribution in [1.82, 2.24) is 0 Å². The molecule has 5 nitrogen and oxygen atoms in total. The van der Waals surface area contributed by atoms with Crippen LogP contribution < -0.4 is 14.2 Å². The first-order valence-corrected chi connectivity index (χ1v) is 6.20. The summed E-state index contributed by atoms with van der Waals surface area (Å²) in [6.07, 6.45) is -0.102. The van der Waals surface area contributed by atoms with Gasteiger partial charge in [-0.05, 0) is 13.3 Å². The van der Waals surface area contributed by atoms with Crippen LogP contribution in [0.3, 0.4) is 0 Å². The van der Waals surface area contributed by atoms with Crippen molar-refractivity contribution >= 4 is 5.97 Å². The summed E-state index contributed by atoms with van der Waals surface area (Å²) < 4.78 is 20.9.